The summed E-state index contributed by atoms with van der Waals surface area (Å²) in [5.41, 5.74) is -0.812. The molecule has 0 aromatic heterocycles. The van der Waals surface area contributed by atoms with Gasteiger partial charge in [0.05, 0.1) is 30.1 Å². The molecule has 4 aliphatic heterocycles. The van der Waals surface area contributed by atoms with Gasteiger partial charge in [-0.05, 0) is 42.7 Å². The Hall–Kier alpha value is -3.46. The number of fused-ring (bicyclic) bond motifs is 2. The quantitative estimate of drug-likeness (QED) is 0.494. The van der Waals surface area contributed by atoms with Crippen molar-refractivity contribution in [2.24, 2.45) is 11.8 Å². The third kappa shape index (κ3) is 4.31. The molecule has 1 spiro atoms. The number of rotatable bonds is 7. The highest BCUT2D eigenvalue weighted by molar-refractivity contribution is 6.30. The SMILES string of the molecule is CC[C@@H](CO)N1C(=O)[C@@H]2[C@H]3C(=O)N(Cc4ccccc4)CC=C[C@@]3(CC)O[C@@]23C=CCN(c2ccc(Cl)cc2)C(=O)C13. The van der Waals surface area contributed by atoms with Gasteiger partial charge in [-0.25, -0.2) is 0 Å². The molecule has 4 heterocycles. The van der Waals surface area contributed by atoms with Crippen molar-refractivity contribution in [2.75, 3.05) is 24.6 Å². The lowest BCUT2D eigenvalue weighted by Gasteiger charge is -2.40. The minimum absolute atomic E-state index is 0.168. The average Bonchev–Trinajstić information content (AvgIpc) is 3.30. The summed E-state index contributed by atoms with van der Waals surface area (Å²) in [6, 6.07) is 15.1. The van der Waals surface area contributed by atoms with Crippen LogP contribution in [0.25, 0.3) is 0 Å². The van der Waals surface area contributed by atoms with E-state index in [-0.39, 0.29) is 30.9 Å². The molecule has 220 valence electrons. The number of carbonyl (C=O) groups is 3. The topological polar surface area (TPSA) is 90.4 Å². The molecular formula is C33H36ClN3O5. The van der Waals surface area contributed by atoms with Crippen molar-refractivity contribution in [3.63, 3.8) is 0 Å². The average molecular weight is 590 g/mol. The van der Waals surface area contributed by atoms with Crippen LogP contribution in [0.5, 0.6) is 0 Å². The maximum absolute atomic E-state index is 14.6. The Morgan fingerprint density at radius 1 is 0.929 bits per heavy atom. The monoisotopic (exact) mass is 589 g/mol. The van der Waals surface area contributed by atoms with E-state index in [0.717, 1.165) is 5.56 Å². The second-order valence-corrected chi connectivity index (χ2v) is 12.0. The Kier molecular flexibility index (Phi) is 7.50. The van der Waals surface area contributed by atoms with Gasteiger partial charge >= 0.3 is 0 Å². The highest BCUT2D eigenvalue weighted by Crippen LogP contribution is 2.59. The maximum atomic E-state index is 14.6. The predicted molar refractivity (Wildman–Crippen MR) is 160 cm³/mol. The van der Waals surface area contributed by atoms with Crippen LogP contribution in [0.3, 0.4) is 0 Å². The zero-order valence-corrected chi connectivity index (χ0v) is 24.6. The molecule has 0 aliphatic carbocycles. The molecule has 0 bridgehead atoms. The second-order valence-electron chi connectivity index (χ2n) is 11.5. The van der Waals surface area contributed by atoms with Crippen LogP contribution in [-0.2, 0) is 25.7 Å². The molecule has 2 aromatic carbocycles. The Labute approximate surface area is 251 Å². The third-order valence-electron chi connectivity index (χ3n) is 9.39. The van der Waals surface area contributed by atoms with E-state index in [9.17, 15) is 19.5 Å². The molecule has 2 fully saturated rings. The van der Waals surface area contributed by atoms with Crippen LogP contribution >= 0.6 is 11.6 Å². The normalized spacial score (nSPS) is 31.1. The standard InChI is InChI=1S/C33H36ClN3O5/c1-3-24(21-38)37-28-31(41)36(25-14-12-23(34)13-15-25)19-9-17-33(28)27(30(37)40)26-29(39)35(20-22-10-6-5-7-11-22)18-8-16-32(26,4-2)42-33/h5-17,24,26-28,38H,3-4,18-21H2,1-2H3/t24-,26-,27-,28?,32+,33-/m0/s1. The molecule has 42 heavy (non-hydrogen) atoms. The minimum atomic E-state index is -1.38. The first kappa shape index (κ1) is 28.6. The number of aliphatic hydroxyl groups excluding tert-OH is 1. The highest BCUT2D eigenvalue weighted by atomic mass is 35.5. The number of ether oxygens (including phenoxy) is 1. The molecule has 0 radical (unpaired) electrons. The van der Waals surface area contributed by atoms with Gasteiger partial charge in [-0.1, -0.05) is 80.1 Å². The van der Waals surface area contributed by atoms with E-state index in [1.165, 1.54) is 4.90 Å². The summed E-state index contributed by atoms with van der Waals surface area (Å²) < 4.78 is 7.03. The first-order valence-corrected chi connectivity index (χ1v) is 15.1. The van der Waals surface area contributed by atoms with Gasteiger partial charge in [0.25, 0.3) is 5.91 Å². The molecule has 6 rings (SSSR count). The molecule has 8 nitrogen and oxygen atoms in total. The smallest absolute Gasteiger partial charge is 0.253 e. The van der Waals surface area contributed by atoms with Gasteiger partial charge in [-0.2, -0.15) is 0 Å². The summed E-state index contributed by atoms with van der Waals surface area (Å²) >= 11 is 6.13. The number of nitrogens with zero attached hydrogens (tertiary/aromatic N) is 3. The van der Waals surface area contributed by atoms with E-state index in [2.05, 4.69) is 0 Å². The number of hydrogen-bond donors (Lipinski definition) is 1. The molecule has 6 atom stereocenters. The number of likely N-dealkylation sites (tertiary alicyclic amines) is 1. The highest BCUT2D eigenvalue weighted by Gasteiger charge is 2.75. The Morgan fingerprint density at radius 3 is 2.31 bits per heavy atom. The Morgan fingerprint density at radius 2 is 1.64 bits per heavy atom. The van der Waals surface area contributed by atoms with Crippen LogP contribution in [0.1, 0.15) is 32.3 Å². The molecule has 4 aliphatic rings. The van der Waals surface area contributed by atoms with Gasteiger partial charge in [0.2, 0.25) is 11.8 Å². The van der Waals surface area contributed by atoms with Crippen molar-refractivity contribution in [1.82, 2.24) is 9.80 Å². The van der Waals surface area contributed by atoms with Gasteiger partial charge in [0.1, 0.15) is 11.6 Å². The summed E-state index contributed by atoms with van der Waals surface area (Å²) in [7, 11) is 0. The van der Waals surface area contributed by atoms with Gasteiger partial charge in [0, 0.05) is 30.3 Å². The Balaban J connectivity index is 1.47. The van der Waals surface area contributed by atoms with Crippen LogP contribution in [0.15, 0.2) is 78.9 Å². The van der Waals surface area contributed by atoms with Crippen molar-refractivity contribution in [1.29, 1.82) is 0 Å². The summed E-state index contributed by atoms with van der Waals surface area (Å²) in [6.45, 7) is 4.58. The van der Waals surface area contributed by atoms with Crippen molar-refractivity contribution in [2.45, 2.75) is 56.5 Å². The number of amides is 3. The zero-order valence-electron chi connectivity index (χ0n) is 23.9. The molecule has 3 amide bonds. The molecule has 2 saturated heterocycles. The van der Waals surface area contributed by atoms with E-state index < -0.39 is 35.1 Å². The van der Waals surface area contributed by atoms with E-state index in [4.69, 9.17) is 16.3 Å². The molecule has 0 saturated carbocycles. The maximum Gasteiger partial charge on any atom is 0.253 e. The molecule has 1 unspecified atom stereocenters. The molecular weight excluding hydrogens is 554 g/mol. The van der Waals surface area contributed by atoms with Gasteiger partial charge < -0.3 is 24.5 Å². The van der Waals surface area contributed by atoms with E-state index in [1.807, 2.05) is 68.5 Å². The van der Waals surface area contributed by atoms with E-state index in [0.29, 0.717) is 36.6 Å². The fraction of sp³-hybridized carbons (Fsp3) is 0.424. The lowest BCUT2D eigenvalue weighted by molar-refractivity contribution is -0.153. The lowest BCUT2D eigenvalue weighted by Crippen LogP contribution is -2.59. The third-order valence-corrected chi connectivity index (χ3v) is 9.64. The first-order valence-electron chi connectivity index (χ1n) is 14.7. The summed E-state index contributed by atoms with van der Waals surface area (Å²) in [4.78, 5) is 48.6. The number of aliphatic hydroxyl groups is 1. The summed E-state index contributed by atoms with van der Waals surface area (Å²) in [5.74, 6) is -2.58. The molecule has 9 heteroatoms. The van der Waals surface area contributed by atoms with Crippen molar-refractivity contribution < 1.29 is 24.2 Å². The number of hydrogen-bond acceptors (Lipinski definition) is 5. The van der Waals surface area contributed by atoms with Gasteiger partial charge in [-0.3, -0.25) is 14.4 Å². The van der Waals surface area contributed by atoms with Crippen molar-refractivity contribution in [3.05, 3.63) is 89.5 Å². The van der Waals surface area contributed by atoms with Crippen LogP contribution < -0.4 is 4.90 Å². The van der Waals surface area contributed by atoms with Crippen molar-refractivity contribution >= 4 is 35.0 Å². The van der Waals surface area contributed by atoms with Crippen LogP contribution in [0.4, 0.5) is 5.69 Å². The zero-order chi connectivity index (χ0) is 29.6. The first-order chi connectivity index (χ1) is 20.3. The lowest BCUT2D eigenvalue weighted by atomic mass is 9.73. The molecule has 1 N–H and O–H groups in total. The van der Waals surface area contributed by atoms with E-state index >= 15 is 0 Å². The van der Waals surface area contributed by atoms with Gasteiger partial charge in [0.15, 0.2) is 0 Å². The minimum Gasteiger partial charge on any atom is -0.394 e. The largest absolute Gasteiger partial charge is 0.394 e. The van der Waals surface area contributed by atoms with Crippen molar-refractivity contribution in [3.8, 4) is 0 Å². The summed E-state index contributed by atoms with van der Waals surface area (Å²) in [6.07, 6.45) is 8.48. The van der Waals surface area contributed by atoms with Crippen LogP contribution in [0.2, 0.25) is 5.02 Å². The summed E-state index contributed by atoms with van der Waals surface area (Å²) in [5, 5.41) is 10.9. The van der Waals surface area contributed by atoms with Crippen LogP contribution in [0, 0.1) is 11.8 Å². The van der Waals surface area contributed by atoms with E-state index in [1.54, 1.807) is 34.1 Å². The fourth-order valence-corrected chi connectivity index (χ4v) is 7.48. The number of benzene rings is 2. The van der Waals surface area contributed by atoms with Crippen LogP contribution in [-0.4, -0.2) is 75.6 Å². The molecule has 2 aromatic rings. The number of anilines is 1. The number of carbonyl (C=O) groups excluding carboxylic acids is 3. The predicted octanol–water partition coefficient (Wildman–Crippen LogP) is 3.97. The Bertz CT molecular complexity index is 1420. The fourth-order valence-electron chi connectivity index (χ4n) is 7.36. The number of halogens is 1. The second kappa shape index (κ2) is 11.0. The van der Waals surface area contributed by atoms with Gasteiger partial charge in [-0.15, -0.1) is 0 Å².